The second kappa shape index (κ2) is 9.52. The van der Waals surface area contributed by atoms with Crippen LogP contribution in [-0.4, -0.2) is 13.0 Å². The maximum Gasteiger partial charge on any atom is 1.00 e. The van der Waals surface area contributed by atoms with Crippen molar-refractivity contribution in [3.63, 3.8) is 0 Å². The van der Waals surface area contributed by atoms with Crippen LogP contribution in [0.4, 0.5) is 0 Å². The molecule has 5 heteroatoms. The summed E-state index contributed by atoms with van der Waals surface area (Å²) >= 11 is 0. The van der Waals surface area contributed by atoms with Crippen LogP contribution in [0.25, 0.3) is 10.8 Å². The van der Waals surface area contributed by atoms with Gasteiger partial charge in [-0.25, -0.2) is 8.42 Å². The van der Waals surface area contributed by atoms with Gasteiger partial charge in [0.1, 0.15) is 10.1 Å². The van der Waals surface area contributed by atoms with E-state index in [0.29, 0.717) is 5.39 Å². The quantitative estimate of drug-likeness (QED) is 0.432. The fourth-order valence-electron chi connectivity index (χ4n) is 2.60. The first-order valence-corrected chi connectivity index (χ1v) is 8.91. The zero-order chi connectivity index (χ0) is 15.3. The number of unbranched alkanes of at least 4 members (excludes halogenated alkanes) is 4. The fraction of sp³-hybridized carbons (Fsp3) is 0.412. The van der Waals surface area contributed by atoms with Crippen LogP contribution in [0.1, 0.15) is 44.6 Å². The van der Waals surface area contributed by atoms with Crippen molar-refractivity contribution < 1.29 is 64.4 Å². The number of hydrogen-bond donors (Lipinski definition) is 0. The third-order valence-electron chi connectivity index (χ3n) is 3.74. The third kappa shape index (κ3) is 5.71. The monoisotopic (exact) mass is 344 g/mol. The zero-order valence-corrected chi connectivity index (χ0v) is 17.3. The van der Waals surface area contributed by atoms with E-state index in [1.54, 1.807) is 6.07 Å². The van der Waals surface area contributed by atoms with Crippen LogP contribution in [0.5, 0.6) is 0 Å². The Hall–Kier alpha value is 0.246. The molecule has 22 heavy (non-hydrogen) atoms. The molecule has 0 aliphatic carbocycles. The molecule has 0 N–H and O–H groups in total. The molecule has 0 aliphatic heterocycles. The molecule has 0 unspecified atom stereocenters. The van der Waals surface area contributed by atoms with E-state index in [4.69, 9.17) is 0 Å². The van der Waals surface area contributed by atoms with E-state index < -0.39 is 10.1 Å². The standard InChI is InChI=1S/C17H22O3S.K/c1-2-3-4-5-6-8-14-11-12-15-9-7-10-17(16(15)13-14)21(18,19)20;/h7,9-13H,2-6,8H2,1H3,(H,18,19,20);/q;+1/p-1. The van der Waals surface area contributed by atoms with Gasteiger partial charge in [-0.1, -0.05) is 56.9 Å². The summed E-state index contributed by atoms with van der Waals surface area (Å²) in [6.07, 6.45) is 6.93. The van der Waals surface area contributed by atoms with Gasteiger partial charge in [-0.2, -0.15) is 0 Å². The molecule has 0 amide bonds. The Bertz CT molecular complexity index is 711. The second-order valence-electron chi connectivity index (χ2n) is 5.43. The van der Waals surface area contributed by atoms with Crippen molar-refractivity contribution in [2.24, 2.45) is 0 Å². The molecule has 114 valence electrons. The Morgan fingerprint density at radius 1 is 1.00 bits per heavy atom. The van der Waals surface area contributed by atoms with Crippen molar-refractivity contribution in [1.29, 1.82) is 0 Å². The van der Waals surface area contributed by atoms with E-state index in [0.717, 1.165) is 23.8 Å². The molecule has 0 aliphatic rings. The van der Waals surface area contributed by atoms with Gasteiger partial charge in [0.2, 0.25) is 0 Å². The number of fused-ring (bicyclic) bond motifs is 1. The smallest absolute Gasteiger partial charge is 0.744 e. The normalized spacial score (nSPS) is 11.4. The predicted octanol–water partition coefficient (Wildman–Crippen LogP) is 1.26. The van der Waals surface area contributed by atoms with Crippen molar-refractivity contribution >= 4 is 20.9 Å². The van der Waals surface area contributed by atoms with Gasteiger partial charge in [-0.3, -0.25) is 0 Å². The van der Waals surface area contributed by atoms with Crippen molar-refractivity contribution in [1.82, 2.24) is 0 Å². The van der Waals surface area contributed by atoms with Crippen LogP contribution in [-0.2, 0) is 16.5 Å². The van der Waals surface area contributed by atoms with Crippen LogP contribution < -0.4 is 51.4 Å². The summed E-state index contributed by atoms with van der Waals surface area (Å²) in [6.45, 7) is 2.19. The molecule has 0 aromatic heterocycles. The summed E-state index contributed by atoms with van der Waals surface area (Å²) in [6, 6.07) is 10.6. The van der Waals surface area contributed by atoms with E-state index >= 15 is 0 Å². The van der Waals surface area contributed by atoms with Crippen molar-refractivity contribution in [3.8, 4) is 0 Å². The van der Waals surface area contributed by atoms with E-state index in [-0.39, 0.29) is 56.3 Å². The molecule has 0 radical (unpaired) electrons. The summed E-state index contributed by atoms with van der Waals surface area (Å²) in [5.74, 6) is 0. The molecule has 3 nitrogen and oxygen atoms in total. The molecule has 2 rings (SSSR count). The Labute approximate surface area is 175 Å². The minimum atomic E-state index is -4.43. The topological polar surface area (TPSA) is 57.2 Å². The largest absolute Gasteiger partial charge is 1.00 e. The molecule has 0 heterocycles. The molecule has 0 bridgehead atoms. The summed E-state index contributed by atoms with van der Waals surface area (Å²) in [5, 5.41) is 1.33. The fourth-order valence-corrected chi connectivity index (χ4v) is 3.29. The third-order valence-corrected chi connectivity index (χ3v) is 4.64. The van der Waals surface area contributed by atoms with Crippen LogP contribution in [0.2, 0.25) is 0 Å². The molecular formula is C17H21KO3S. The van der Waals surface area contributed by atoms with Gasteiger partial charge in [-0.05, 0) is 41.3 Å². The van der Waals surface area contributed by atoms with Gasteiger partial charge in [0.25, 0.3) is 0 Å². The van der Waals surface area contributed by atoms with Crippen LogP contribution in [0.15, 0.2) is 41.3 Å². The van der Waals surface area contributed by atoms with Crippen LogP contribution in [0, 0.1) is 0 Å². The van der Waals surface area contributed by atoms with Crippen LogP contribution >= 0.6 is 0 Å². The minimum absolute atomic E-state index is 0. The SMILES string of the molecule is CCCCCCCc1ccc2cccc(S(=O)(=O)[O-])c2c1.[K+]. The first-order chi connectivity index (χ1) is 10.0. The number of hydrogen-bond acceptors (Lipinski definition) is 3. The van der Waals surface area contributed by atoms with Crippen molar-refractivity contribution in [3.05, 3.63) is 42.0 Å². The number of rotatable bonds is 7. The average molecular weight is 345 g/mol. The Balaban J connectivity index is 0.00000242. The molecule has 0 saturated heterocycles. The van der Waals surface area contributed by atoms with Gasteiger partial charge in [0.05, 0.1) is 4.90 Å². The van der Waals surface area contributed by atoms with Crippen molar-refractivity contribution in [2.75, 3.05) is 0 Å². The Morgan fingerprint density at radius 3 is 2.41 bits per heavy atom. The van der Waals surface area contributed by atoms with Gasteiger partial charge < -0.3 is 4.55 Å². The first kappa shape index (κ1) is 20.3. The number of benzene rings is 2. The maximum absolute atomic E-state index is 11.3. The van der Waals surface area contributed by atoms with E-state index in [1.165, 1.54) is 31.7 Å². The average Bonchev–Trinajstić information content (AvgIpc) is 2.45. The van der Waals surface area contributed by atoms with Crippen LogP contribution in [0.3, 0.4) is 0 Å². The van der Waals surface area contributed by atoms with Gasteiger partial charge in [0.15, 0.2) is 0 Å². The summed E-state index contributed by atoms with van der Waals surface area (Å²) < 4.78 is 34.0. The molecule has 2 aromatic carbocycles. The second-order valence-corrected chi connectivity index (χ2v) is 6.78. The zero-order valence-electron chi connectivity index (χ0n) is 13.3. The predicted molar refractivity (Wildman–Crippen MR) is 84.4 cm³/mol. The molecule has 0 spiro atoms. The van der Waals surface area contributed by atoms with E-state index in [9.17, 15) is 13.0 Å². The molecular weight excluding hydrogens is 323 g/mol. The summed E-state index contributed by atoms with van der Waals surface area (Å²) in [4.78, 5) is -0.118. The molecule has 0 saturated carbocycles. The minimum Gasteiger partial charge on any atom is -0.744 e. The Morgan fingerprint density at radius 2 is 1.73 bits per heavy atom. The first-order valence-electron chi connectivity index (χ1n) is 7.50. The summed E-state index contributed by atoms with van der Waals surface area (Å²) in [7, 11) is -4.43. The Kier molecular flexibility index (Phi) is 8.78. The van der Waals surface area contributed by atoms with E-state index in [2.05, 4.69) is 6.92 Å². The maximum atomic E-state index is 11.3. The van der Waals surface area contributed by atoms with Gasteiger partial charge >= 0.3 is 51.4 Å². The van der Waals surface area contributed by atoms with E-state index in [1.807, 2.05) is 24.3 Å². The molecule has 0 atom stereocenters. The van der Waals surface area contributed by atoms with Crippen molar-refractivity contribution in [2.45, 2.75) is 50.3 Å². The summed E-state index contributed by atoms with van der Waals surface area (Å²) in [5.41, 5.74) is 1.09. The van der Waals surface area contributed by atoms with Gasteiger partial charge in [-0.15, -0.1) is 0 Å². The molecule has 0 fully saturated rings. The molecule has 2 aromatic rings. The van der Waals surface area contributed by atoms with Gasteiger partial charge in [0, 0.05) is 0 Å². The number of aryl methyl sites for hydroxylation is 1.